The third kappa shape index (κ3) is 6.33. The summed E-state index contributed by atoms with van der Waals surface area (Å²) < 4.78 is 5.38. The van der Waals surface area contributed by atoms with Gasteiger partial charge in [-0.2, -0.15) is 0 Å². The van der Waals surface area contributed by atoms with Gasteiger partial charge in [0, 0.05) is 25.7 Å². The van der Waals surface area contributed by atoms with Crippen molar-refractivity contribution in [3.8, 4) is 0 Å². The van der Waals surface area contributed by atoms with Crippen molar-refractivity contribution in [1.29, 1.82) is 0 Å². The van der Waals surface area contributed by atoms with Gasteiger partial charge in [0.1, 0.15) is 0 Å². The molecule has 21 heavy (non-hydrogen) atoms. The minimum Gasteiger partial charge on any atom is -0.389 e. The van der Waals surface area contributed by atoms with Crippen LogP contribution in [0.1, 0.15) is 25.5 Å². The summed E-state index contributed by atoms with van der Waals surface area (Å²) in [6, 6.07) is 7.07. The maximum Gasteiger partial charge on any atom is 0.317 e. The van der Waals surface area contributed by atoms with Gasteiger partial charge in [0.05, 0.1) is 18.2 Å². The molecule has 0 bridgehead atoms. The number of ether oxygens (including phenoxy) is 1. The van der Waals surface area contributed by atoms with Gasteiger partial charge in [-0.15, -0.1) is 0 Å². The van der Waals surface area contributed by atoms with Crippen LogP contribution in [0.3, 0.4) is 0 Å². The number of hydrogen-bond donors (Lipinski definition) is 2. The third-order valence-corrected chi connectivity index (χ3v) is 3.15. The monoisotopic (exact) mass is 314 g/mol. The normalized spacial score (nSPS) is 12.9. The number of likely N-dealkylation sites (N-methyl/N-ethyl adjacent to an activating group) is 1. The van der Waals surface area contributed by atoms with Crippen LogP contribution in [-0.2, 0) is 4.74 Å². The quantitative estimate of drug-likeness (QED) is 0.848. The van der Waals surface area contributed by atoms with Crippen molar-refractivity contribution >= 4 is 17.6 Å². The fourth-order valence-corrected chi connectivity index (χ4v) is 2.21. The summed E-state index contributed by atoms with van der Waals surface area (Å²) >= 11 is 5.95. The lowest BCUT2D eigenvalue weighted by Crippen LogP contribution is -2.45. The van der Waals surface area contributed by atoms with Crippen LogP contribution in [0.2, 0.25) is 5.02 Å². The summed E-state index contributed by atoms with van der Waals surface area (Å²) in [5, 5.41) is 13.1. The zero-order valence-corrected chi connectivity index (χ0v) is 13.6. The number of urea groups is 1. The van der Waals surface area contributed by atoms with Gasteiger partial charge >= 0.3 is 6.03 Å². The molecule has 0 aliphatic rings. The number of carbonyl (C=O) groups is 1. The minimum atomic E-state index is -0.931. The second-order valence-corrected chi connectivity index (χ2v) is 6.07. The molecule has 1 atom stereocenters. The Morgan fingerprint density at radius 3 is 2.71 bits per heavy atom. The number of rotatable bonds is 6. The summed E-state index contributed by atoms with van der Waals surface area (Å²) in [4.78, 5) is 13.4. The summed E-state index contributed by atoms with van der Waals surface area (Å²) in [5.74, 6) is 0. The van der Waals surface area contributed by atoms with Gasteiger partial charge in [-0.05, 0) is 31.5 Å². The van der Waals surface area contributed by atoms with Crippen molar-refractivity contribution in [2.24, 2.45) is 0 Å². The molecular weight excluding hydrogens is 292 g/mol. The number of methoxy groups -OCH3 is 1. The van der Waals surface area contributed by atoms with Gasteiger partial charge in [-0.25, -0.2) is 4.79 Å². The number of nitrogens with one attached hydrogen (secondary N) is 1. The second kappa shape index (κ2) is 7.64. The maximum absolute atomic E-state index is 12.0. The van der Waals surface area contributed by atoms with E-state index in [9.17, 15) is 9.90 Å². The molecule has 0 heterocycles. The summed E-state index contributed by atoms with van der Waals surface area (Å²) in [6.45, 7) is 3.88. The van der Waals surface area contributed by atoms with Crippen LogP contribution >= 0.6 is 11.6 Å². The molecule has 5 nitrogen and oxygen atoms in total. The number of benzene rings is 1. The molecule has 0 aliphatic carbocycles. The first-order valence-electron chi connectivity index (χ1n) is 6.72. The van der Waals surface area contributed by atoms with Gasteiger partial charge < -0.3 is 20.1 Å². The van der Waals surface area contributed by atoms with Crippen molar-refractivity contribution < 1.29 is 14.6 Å². The van der Waals surface area contributed by atoms with E-state index in [4.69, 9.17) is 16.3 Å². The number of halogens is 1. The molecule has 0 aromatic heterocycles. The van der Waals surface area contributed by atoms with Crippen LogP contribution < -0.4 is 5.32 Å². The van der Waals surface area contributed by atoms with Crippen molar-refractivity contribution in [1.82, 2.24) is 10.2 Å². The number of nitrogens with zero attached hydrogens (tertiary/aromatic N) is 1. The lowest BCUT2D eigenvalue weighted by Gasteiger charge is -2.26. The highest BCUT2D eigenvalue weighted by molar-refractivity contribution is 6.30. The molecule has 1 rings (SSSR count). The number of amides is 2. The highest BCUT2D eigenvalue weighted by Crippen LogP contribution is 2.19. The molecule has 6 heteroatoms. The van der Waals surface area contributed by atoms with E-state index in [1.165, 1.54) is 4.90 Å². The van der Waals surface area contributed by atoms with Gasteiger partial charge in [-0.3, -0.25) is 0 Å². The highest BCUT2D eigenvalue weighted by Gasteiger charge is 2.20. The number of aliphatic hydroxyl groups is 1. The summed E-state index contributed by atoms with van der Waals surface area (Å²) in [5.41, 5.74) is -0.0323. The Kier molecular flexibility index (Phi) is 6.45. The predicted octanol–water partition coefficient (Wildman–Crippen LogP) is 2.44. The molecule has 2 N–H and O–H groups in total. The van der Waals surface area contributed by atoms with E-state index in [0.717, 1.165) is 5.56 Å². The van der Waals surface area contributed by atoms with Gasteiger partial charge in [-0.1, -0.05) is 23.7 Å². The Hall–Kier alpha value is -1.30. The molecule has 0 spiro atoms. The fraction of sp³-hybridized carbons (Fsp3) is 0.533. The maximum atomic E-state index is 12.0. The van der Waals surface area contributed by atoms with E-state index in [1.54, 1.807) is 34.1 Å². The van der Waals surface area contributed by atoms with E-state index >= 15 is 0 Å². The average molecular weight is 315 g/mol. The topological polar surface area (TPSA) is 61.8 Å². The zero-order chi connectivity index (χ0) is 16.0. The lowest BCUT2D eigenvalue weighted by atomic mass is 10.1. The molecule has 0 saturated carbocycles. The Labute approximate surface area is 130 Å². The minimum absolute atomic E-state index is 0.244. The van der Waals surface area contributed by atoms with Crippen molar-refractivity contribution in [2.75, 3.05) is 27.2 Å². The largest absolute Gasteiger partial charge is 0.389 e. The standard InChI is InChI=1S/C15H23ClN2O3/c1-15(2,20)10-18(3)14(19)17-9-13(21-4)11-6-5-7-12(16)8-11/h5-8,13,20H,9-10H2,1-4H3,(H,17,19). The Balaban J connectivity index is 2.57. The smallest absolute Gasteiger partial charge is 0.317 e. The van der Waals surface area contributed by atoms with E-state index in [1.807, 2.05) is 18.2 Å². The lowest BCUT2D eigenvalue weighted by molar-refractivity contribution is 0.0518. The van der Waals surface area contributed by atoms with Crippen LogP contribution in [0, 0.1) is 0 Å². The van der Waals surface area contributed by atoms with E-state index < -0.39 is 5.60 Å². The first-order chi connectivity index (χ1) is 9.73. The van der Waals surface area contributed by atoms with Crippen LogP contribution in [0.4, 0.5) is 4.79 Å². The van der Waals surface area contributed by atoms with Crippen molar-refractivity contribution in [3.05, 3.63) is 34.9 Å². The first-order valence-corrected chi connectivity index (χ1v) is 7.10. The van der Waals surface area contributed by atoms with Crippen molar-refractivity contribution in [3.63, 3.8) is 0 Å². The number of hydrogen-bond acceptors (Lipinski definition) is 3. The van der Waals surface area contributed by atoms with Crippen LogP contribution in [0.25, 0.3) is 0 Å². The molecule has 0 aliphatic heterocycles. The average Bonchev–Trinajstić information content (AvgIpc) is 2.37. The Morgan fingerprint density at radius 1 is 1.52 bits per heavy atom. The fourth-order valence-electron chi connectivity index (χ4n) is 2.01. The number of carbonyl (C=O) groups excluding carboxylic acids is 1. The molecule has 1 unspecified atom stereocenters. The van der Waals surface area contributed by atoms with E-state index in [2.05, 4.69) is 5.32 Å². The van der Waals surface area contributed by atoms with Gasteiger partial charge in [0.2, 0.25) is 0 Å². The molecule has 0 fully saturated rings. The highest BCUT2D eigenvalue weighted by atomic mass is 35.5. The van der Waals surface area contributed by atoms with E-state index in [0.29, 0.717) is 11.6 Å². The van der Waals surface area contributed by atoms with Crippen LogP contribution in [-0.4, -0.2) is 48.9 Å². The van der Waals surface area contributed by atoms with Crippen molar-refractivity contribution in [2.45, 2.75) is 25.6 Å². The molecule has 1 aromatic carbocycles. The second-order valence-electron chi connectivity index (χ2n) is 5.63. The van der Waals surface area contributed by atoms with Crippen LogP contribution in [0.5, 0.6) is 0 Å². The molecule has 1 aromatic rings. The first kappa shape index (κ1) is 17.8. The van der Waals surface area contributed by atoms with E-state index in [-0.39, 0.29) is 18.7 Å². The van der Waals surface area contributed by atoms with Gasteiger partial charge in [0.15, 0.2) is 0 Å². The zero-order valence-electron chi connectivity index (χ0n) is 12.9. The van der Waals surface area contributed by atoms with Gasteiger partial charge in [0.25, 0.3) is 0 Å². The summed E-state index contributed by atoms with van der Waals surface area (Å²) in [7, 11) is 3.22. The Bertz CT molecular complexity index is 474. The molecule has 2 amide bonds. The molecule has 0 saturated heterocycles. The molecule has 0 radical (unpaired) electrons. The third-order valence-electron chi connectivity index (χ3n) is 2.91. The Morgan fingerprint density at radius 2 is 2.19 bits per heavy atom. The molecular formula is C15H23ClN2O3. The summed E-state index contributed by atoms with van der Waals surface area (Å²) in [6.07, 6.45) is -0.275. The SMILES string of the molecule is COC(CNC(=O)N(C)CC(C)(C)O)c1cccc(Cl)c1. The predicted molar refractivity (Wildman–Crippen MR) is 83.5 cm³/mol. The van der Waals surface area contributed by atoms with Crippen LogP contribution in [0.15, 0.2) is 24.3 Å². The molecule has 118 valence electrons.